The minimum atomic E-state index is -0.498. The van der Waals surface area contributed by atoms with Crippen LogP contribution < -0.4 is 10.6 Å². The van der Waals surface area contributed by atoms with Gasteiger partial charge in [0.1, 0.15) is 5.82 Å². The first-order valence-electron chi connectivity index (χ1n) is 12.4. The lowest BCUT2D eigenvalue weighted by atomic mass is 9.40. The van der Waals surface area contributed by atoms with Gasteiger partial charge >= 0.3 is 0 Å². The zero-order valence-electron chi connectivity index (χ0n) is 19.8. The average molecular weight is 458 g/mol. The number of anilines is 2. The monoisotopic (exact) mass is 457 g/mol. The highest BCUT2D eigenvalue weighted by Crippen LogP contribution is 2.69. The summed E-state index contributed by atoms with van der Waals surface area (Å²) in [5.41, 5.74) is 0.806. The number of hydrogen-bond donors (Lipinski definition) is 2. The number of carbonyl (C=O) groups excluding carboxylic acids is 2. The van der Waals surface area contributed by atoms with Gasteiger partial charge in [0.15, 0.2) is 0 Å². The molecule has 2 N–H and O–H groups in total. The summed E-state index contributed by atoms with van der Waals surface area (Å²) in [4.78, 5) is 28.1. The molecule has 1 aromatic carbocycles. The van der Waals surface area contributed by atoms with E-state index in [1.165, 1.54) is 25.3 Å². The number of nitrogens with one attached hydrogen (secondary N) is 2. The predicted molar refractivity (Wildman–Crippen MR) is 125 cm³/mol. The van der Waals surface area contributed by atoms with Crippen LogP contribution >= 0.6 is 0 Å². The zero-order chi connectivity index (χ0) is 23.3. The molecule has 0 aromatic heterocycles. The average Bonchev–Trinajstić information content (AvgIpc) is 2.73. The third kappa shape index (κ3) is 4.67. The summed E-state index contributed by atoms with van der Waals surface area (Å²) in [7, 11) is 0. The molecule has 0 spiro atoms. The molecule has 5 aliphatic rings. The maximum absolute atomic E-state index is 14.4. The van der Waals surface area contributed by atoms with Crippen molar-refractivity contribution in [2.24, 2.45) is 22.2 Å². The Labute approximate surface area is 195 Å². The summed E-state index contributed by atoms with van der Waals surface area (Å²) in [6.45, 7) is 8.29. The molecule has 33 heavy (non-hydrogen) atoms. The lowest BCUT2D eigenvalue weighted by Crippen LogP contribution is -2.58. The maximum atomic E-state index is 14.4. The van der Waals surface area contributed by atoms with Crippen LogP contribution in [0.15, 0.2) is 18.2 Å². The number of hydrogen-bond acceptors (Lipinski definition) is 4. The van der Waals surface area contributed by atoms with Crippen molar-refractivity contribution in [3.8, 4) is 0 Å². The molecular weight excluding hydrogens is 421 g/mol. The van der Waals surface area contributed by atoms with Gasteiger partial charge in [0.2, 0.25) is 11.8 Å². The zero-order valence-corrected chi connectivity index (χ0v) is 19.8. The molecule has 6 nitrogen and oxygen atoms in total. The molecule has 1 aromatic rings. The Kier molecular flexibility index (Phi) is 5.76. The lowest BCUT2D eigenvalue weighted by Gasteiger charge is -2.64. The van der Waals surface area contributed by atoms with Gasteiger partial charge in [-0.2, -0.15) is 0 Å². The summed E-state index contributed by atoms with van der Waals surface area (Å²) < 4.78 is 19.7. The van der Waals surface area contributed by atoms with Gasteiger partial charge in [-0.05, 0) is 73.5 Å². The highest BCUT2D eigenvalue weighted by atomic mass is 19.1. The van der Waals surface area contributed by atoms with E-state index >= 15 is 0 Å². The van der Waals surface area contributed by atoms with Gasteiger partial charge < -0.3 is 15.4 Å². The third-order valence-electron chi connectivity index (χ3n) is 8.37. The minimum Gasteiger partial charge on any atom is -0.379 e. The van der Waals surface area contributed by atoms with Crippen LogP contribution in [0.3, 0.4) is 0 Å². The van der Waals surface area contributed by atoms with Crippen LogP contribution in [0.25, 0.3) is 0 Å². The molecule has 4 aliphatic carbocycles. The van der Waals surface area contributed by atoms with E-state index in [1.807, 2.05) is 0 Å². The van der Waals surface area contributed by atoms with Gasteiger partial charge in [-0.1, -0.05) is 13.8 Å². The SMILES string of the molecule is CC12CC3CC(C)(C1)CC(C(=O)Nc1ccc(F)c(NC(=O)CCN4CCOCC4)c1)(C3)C2. The molecule has 4 saturated carbocycles. The molecule has 1 heterocycles. The van der Waals surface area contributed by atoms with Crippen LogP contribution in [0.4, 0.5) is 15.8 Å². The molecule has 2 atom stereocenters. The van der Waals surface area contributed by atoms with Crippen molar-refractivity contribution < 1.29 is 18.7 Å². The first kappa shape index (κ1) is 22.8. The summed E-state index contributed by atoms with van der Waals surface area (Å²) in [6, 6.07) is 4.44. The molecule has 0 radical (unpaired) electrons. The van der Waals surface area contributed by atoms with Crippen LogP contribution in [-0.2, 0) is 14.3 Å². The molecule has 6 rings (SSSR count). The van der Waals surface area contributed by atoms with E-state index in [0.717, 1.165) is 32.4 Å². The molecular formula is C26H36FN3O3. The normalized spacial score (nSPS) is 35.4. The Morgan fingerprint density at radius 1 is 1.06 bits per heavy atom. The molecule has 2 unspecified atom stereocenters. The van der Waals surface area contributed by atoms with E-state index < -0.39 is 5.82 Å². The third-order valence-corrected chi connectivity index (χ3v) is 8.37. The first-order valence-corrected chi connectivity index (χ1v) is 12.4. The second-order valence-corrected chi connectivity index (χ2v) is 11.8. The van der Waals surface area contributed by atoms with Crippen LogP contribution in [0.1, 0.15) is 58.8 Å². The van der Waals surface area contributed by atoms with Gasteiger partial charge in [0.25, 0.3) is 0 Å². The summed E-state index contributed by atoms with van der Waals surface area (Å²) >= 11 is 0. The van der Waals surface area contributed by atoms with Crippen molar-refractivity contribution in [2.75, 3.05) is 43.5 Å². The van der Waals surface area contributed by atoms with Crippen LogP contribution in [0.2, 0.25) is 0 Å². The van der Waals surface area contributed by atoms with Gasteiger partial charge in [-0.15, -0.1) is 0 Å². The first-order chi connectivity index (χ1) is 15.7. The van der Waals surface area contributed by atoms with E-state index in [0.29, 0.717) is 31.4 Å². The number of ether oxygens (including phenoxy) is 1. The van der Waals surface area contributed by atoms with Crippen molar-refractivity contribution in [1.29, 1.82) is 0 Å². The summed E-state index contributed by atoms with van der Waals surface area (Å²) in [5.74, 6) is -0.0508. The van der Waals surface area contributed by atoms with Crippen molar-refractivity contribution >= 4 is 23.2 Å². The van der Waals surface area contributed by atoms with Crippen molar-refractivity contribution in [2.45, 2.75) is 58.8 Å². The molecule has 2 amide bonds. The second kappa shape index (κ2) is 8.35. The number of morpholine rings is 1. The topological polar surface area (TPSA) is 70.7 Å². The lowest BCUT2D eigenvalue weighted by molar-refractivity contribution is -0.165. The van der Waals surface area contributed by atoms with E-state index in [4.69, 9.17) is 4.74 Å². The van der Waals surface area contributed by atoms with Crippen LogP contribution in [0.5, 0.6) is 0 Å². The molecule has 7 heteroatoms. The van der Waals surface area contributed by atoms with E-state index in [2.05, 4.69) is 29.4 Å². The van der Waals surface area contributed by atoms with Gasteiger partial charge in [0.05, 0.1) is 24.3 Å². The Morgan fingerprint density at radius 2 is 1.76 bits per heavy atom. The Morgan fingerprint density at radius 3 is 2.42 bits per heavy atom. The second-order valence-electron chi connectivity index (χ2n) is 11.8. The predicted octanol–water partition coefficient (Wildman–Crippen LogP) is 4.42. The van der Waals surface area contributed by atoms with Crippen molar-refractivity contribution in [3.63, 3.8) is 0 Å². The fourth-order valence-corrected chi connectivity index (χ4v) is 7.96. The van der Waals surface area contributed by atoms with Gasteiger partial charge in [-0.3, -0.25) is 14.5 Å². The van der Waals surface area contributed by atoms with Crippen LogP contribution in [-0.4, -0.2) is 49.6 Å². The Bertz CT molecular complexity index is 927. The smallest absolute Gasteiger partial charge is 0.230 e. The number of amides is 2. The fraction of sp³-hybridized carbons (Fsp3) is 0.692. The summed E-state index contributed by atoms with van der Waals surface area (Å²) in [6.07, 6.45) is 6.79. The van der Waals surface area contributed by atoms with Gasteiger partial charge in [0, 0.05) is 31.7 Å². The number of benzene rings is 1. The number of carbonyl (C=O) groups is 2. The largest absolute Gasteiger partial charge is 0.379 e. The molecule has 5 fully saturated rings. The molecule has 1 saturated heterocycles. The minimum absolute atomic E-state index is 0.0558. The molecule has 4 bridgehead atoms. The maximum Gasteiger partial charge on any atom is 0.230 e. The fourth-order valence-electron chi connectivity index (χ4n) is 7.96. The highest BCUT2D eigenvalue weighted by Gasteiger charge is 2.62. The van der Waals surface area contributed by atoms with Gasteiger partial charge in [-0.25, -0.2) is 4.39 Å². The molecule has 180 valence electrons. The number of rotatable bonds is 6. The van der Waals surface area contributed by atoms with E-state index in [9.17, 15) is 14.0 Å². The number of nitrogens with zero attached hydrogens (tertiary/aromatic N) is 1. The number of halogens is 1. The highest BCUT2D eigenvalue weighted by molar-refractivity contribution is 5.97. The Balaban J connectivity index is 1.24. The van der Waals surface area contributed by atoms with Crippen LogP contribution in [0, 0.1) is 28.0 Å². The Hall–Kier alpha value is -1.99. The standard InChI is InChI=1S/C26H36FN3O3/c1-24-12-18-13-25(2,15-24)17-26(14-18,16-24)23(32)28-19-3-4-20(27)21(11-19)29-22(31)5-6-30-7-9-33-10-8-30/h3-4,11,18H,5-10,12-17H2,1-2H3,(H,28,32)(H,29,31). The van der Waals surface area contributed by atoms with E-state index in [-0.39, 0.29) is 40.2 Å². The molecule has 1 aliphatic heterocycles. The summed E-state index contributed by atoms with van der Waals surface area (Å²) in [5, 5.41) is 5.77. The quantitative estimate of drug-likeness (QED) is 0.663. The van der Waals surface area contributed by atoms with E-state index in [1.54, 1.807) is 12.1 Å². The van der Waals surface area contributed by atoms with Crippen molar-refractivity contribution in [1.82, 2.24) is 4.90 Å². The van der Waals surface area contributed by atoms with Crippen molar-refractivity contribution in [3.05, 3.63) is 24.0 Å².